The maximum atomic E-state index is 12.2. The monoisotopic (exact) mass is 205 g/mol. The molecule has 1 aromatic rings. The minimum atomic E-state index is -4.81. The van der Waals surface area contributed by atoms with Crippen LogP contribution in [0.2, 0.25) is 0 Å². The second-order valence-electron chi connectivity index (χ2n) is 2.49. The maximum Gasteiger partial charge on any atom is 0.422 e. The lowest BCUT2D eigenvalue weighted by Crippen LogP contribution is -2.08. The number of hydrogen-bond acceptors (Lipinski definition) is 2. The zero-order chi connectivity index (χ0) is 10.9. The van der Waals surface area contributed by atoms with E-state index in [1.54, 1.807) is 0 Å². The van der Waals surface area contributed by atoms with Gasteiger partial charge < -0.3 is 5.73 Å². The molecule has 0 heterocycles. The van der Waals surface area contributed by atoms with Crippen molar-refractivity contribution in [2.24, 2.45) is 0 Å². The first-order valence-corrected chi connectivity index (χ1v) is 3.39. The summed E-state index contributed by atoms with van der Waals surface area (Å²) < 4.78 is 36.6. The summed E-state index contributed by atoms with van der Waals surface area (Å²) in [5, 5.41) is 10.2. The van der Waals surface area contributed by atoms with Crippen LogP contribution in [0.3, 0.4) is 0 Å². The Hall–Kier alpha value is -1.79. The predicted octanol–water partition coefficient (Wildman–Crippen LogP) is 3.30. The van der Waals surface area contributed by atoms with E-state index in [2.05, 4.69) is 0 Å². The van der Waals surface area contributed by atoms with Crippen LogP contribution in [0.25, 0.3) is 5.73 Å². The Bertz CT molecular complexity index is 376. The quantitative estimate of drug-likeness (QED) is 0.521. The smallest absolute Gasteiger partial charge is 0.422 e. The van der Waals surface area contributed by atoms with Crippen LogP contribution in [0.5, 0.6) is 0 Å². The SMILES string of the molecule is [NH-]c1ccc([N+](=O)[O-])c(C(F)(F)F)c1. The van der Waals surface area contributed by atoms with Crippen LogP contribution in [0.4, 0.5) is 24.5 Å². The molecule has 0 unspecified atom stereocenters. The van der Waals surface area contributed by atoms with Gasteiger partial charge >= 0.3 is 6.18 Å². The molecule has 0 saturated carbocycles. The van der Waals surface area contributed by atoms with Crippen molar-refractivity contribution in [3.8, 4) is 0 Å². The van der Waals surface area contributed by atoms with E-state index in [9.17, 15) is 23.3 Å². The molecule has 0 aromatic heterocycles. The van der Waals surface area contributed by atoms with Crippen LogP contribution >= 0.6 is 0 Å². The van der Waals surface area contributed by atoms with Crippen molar-refractivity contribution in [1.29, 1.82) is 0 Å². The Morgan fingerprint density at radius 3 is 2.36 bits per heavy atom. The van der Waals surface area contributed by atoms with E-state index < -0.39 is 28.0 Å². The Labute approximate surface area is 76.3 Å². The highest BCUT2D eigenvalue weighted by molar-refractivity contribution is 5.54. The molecule has 0 radical (unpaired) electrons. The van der Waals surface area contributed by atoms with Crippen LogP contribution in [0.15, 0.2) is 18.2 Å². The summed E-state index contributed by atoms with van der Waals surface area (Å²) in [5.41, 5.74) is 4.09. The number of halogens is 3. The molecule has 0 bridgehead atoms. The van der Waals surface area contributed by atoms with Crippen molar-refractivity contribution < 1.29 is 18.1 Å². The Morgan fingerprint density at radius 2 is 1.93 bits per heavy atom. The van der Waals surface area contributed by atoms with E-state index in [1.165, 1.54) is 0 Å². The molecule has 0 aliphatic heterocycles. The van der Waals surface area contributed by atoms with E-state index in [1.807, 2.05) is 0 Å². The zero-order valence-electron chi connectivity index (χ0n) is 6.63. The van der Waals surface area contributed by atoms with E-state index in [4.69, 9.17) is 5.73 Å². The molecule has 0 fully saturated rings. The molecule has 0 aliphatic carbocycles. The first-order chi connectivity index (χ1) is 6.32. The minimum Gasteiger partial charge on any atom is -0.699 e. The molecule has 1 aromatic carbocycles. The minimum absolute atomic E-state index is 0.414. The number of nitro benzene ring substituents is 1. The van der Waals surface area contributed by atoms with Crippen molar-refractivity contribution >= 4 is 11.4 Å². The topological polar surface area (TPSA) is 66.9 Å². The first kappa shape index (κ1) is 10.3. The highest BCUT2D eigenvalue weighted by Crippen LogP contribution is 2.37. The molecule has 0 aliphatic rings. The van der Waals surface area contributed by atoms with Crippen LogP contribution < -0.4 is 0 Å². The van der Waals surface area contributed by atoms with Gasteiger partial charge in [-0.15, -0.1) is 5.69 Å². The van der Waals surface area contributed by atoms with Gasteiger partial charge in [-0.2, -0.15) is 13.2 Å². The van der Waals surface area contributed by atoms with Crippen molar-refractivity contribution in [3.63, 3.8) is 0 Å². The second-order valence-corrected chi connectivity index (χ2v) is 2.49. The van der Waals surface area contributed by atoms with Gasteiger partial charge in [0.05, 0.1) is 4.92 Å². The molecule has 4 nitrogen and oxygen atoms in total. The fraction of sp³-hybridized carbons (Fsp3) is 0.143. The number of alkyl halides is 3. The number of rotatable bonds is 1. The van der Waals surface area contributed by atoms with E-state index in [-0.39, 0.29) is 0 Å². The van der Waals surface area contributed by atoms with Gasteiger partial charge in [-0.3, -0.25) is 10.1 Å². The lowest BCUT2D eigenvalue weighted by molar-refractivity contribution is -0.388. The Kier molecular flexibility index (Phi) is 2.33. The molecule has 7 heteroatoms. The molecule has 1 N–H and O–H groups in total. The molecule has 0 saturated heterocycles. The zero-order valence-corrected chi connectivity index (χ0v) is 6.63. The third kappa shape index (κ3) is 1.93. The van der Waals surface area contributed by atoms with Crippen LogP contribution in [-0.2, 0) is 6.18 Å². The summed E-state index contributed by atoms with van der Waals surface area (Å²) in [6.45, 7) is 0. The maximum absolute atomic E-state index is 12.2. The van der Waals surface area contributed by atoms with Gasteiger partial charge in [-0.25, -0.2) is 0 Å². The average Bonchev–Trinajstić information content (AvgIpc) is 2.01. The van der Waals surface area contributed by atoms with Gasteiger partial charge in [0.1, 0.15) is 5.56 Å². The third-order valence-electron chi connectivity index (χ3n) is 1.50. The molecule has 76 valence electrons. The highest BCUT2D eigenvalue weighted by atomic mass is 19.4. The Morgan fingerprint density at radius 1 is 1.36 bits per heavy atom. The van der Waals surface area contributed by atoms with Gasteiger partial charge in [0.2, 0.25) is 0 Å². The molecule has 1 rings (SSSR count). The summed E-state index contributed by atoms with van der Waals surface area (Å²) in [5.74, 6) is 0. The summed E-state index contributed by atoms with van der Waals surface area (Å²) in [4.78, 5) is 9.10. The van der Waals surface area contributed by atoms with Crippen LogP contribution in [-0.4, -0.2) is 4.92 Å². The fourth-order valence-electron chi connectivity index (χ4n) is 0.922. The largest absolute Gasteiger partial charge is 0.699 e. The van der Waals surface area contributed by atoms with Gasteiger partial charge in [0.15, 0.2) is 0 Å². The lowest BCUT2D eigenvalue weighted by atomic mass is 10.1. The normalized spacial score (nSPS) is 11.4. The lowest BCUT2D eigenvalue weighted by Gasteiger charge is -2.10. The predicted molar refractivity (Wildman–Crippen MR) is 42.1 cm³/mol. The molecule has 0 spiro atoms. The van der Waals surface area contributed by atoms with E-state index >= 15 is 0 Å². The number of nitro groups is 1. The number of nitrogens with one attached hydrogen (secondary N) is 1. The second kappa shape index (κ2) is 3.17. The van der Waals surface area contributed by atoms with Gasteiger partial charge in [0.25, 0.3) is 5.69 Å². The molecule has 0 atom stereocenters. The number of benzene rings is 1. The molecular formula is C7H4F3N2O2-. The summed E-state index contributed by atoms with van der Waals surface area (Å²) in [6.07, 6.45) is -4.81. The highest BCUT2D eigenvalue weighted by Gasteiger charge is 2.37. The van der Waals surface area contributed by atoms with Crippen molar-refractivity contribution in [2.45, 2.75) is 6.18 Å². The summed E-state index contributed by atoms with van der Waals surface area (Å²) in [6, 6.07) is 2.04. The fourth-order valence-corrected chi connectivity index (χ4v) is 0.922. The summed E-state index contributed by atoms with van der Waals surface area (Å²) >= 11 is 0. The number of nitrogens with zero attached hydrogens (tertiary/aromatic N) is 1. The van der Waals surface area contributed by atoms with Crippen molar-refractivity contribution in [3.05, 3.63) is 39.6 Å². The molecular weight excluding hydrogens is 201 g/mol. The van der Waals surface area contributed by atoms with E-state index in [0.29, 0.717) is 12.1 Å². The van der Waals surface area contributed by atoms with Crippen molar-refractivity contribution in [1.82, 2.24) is 0 Å². The van der Waals surface area contributed by atoms with Crippen LogP contribution in [0.1, 0.15) is 5.56 Å². The molecule has 14 heavy (non-hydrogen) atoms. The number of hydrogen-bond donors (Lipinski definition) is 0. The van der Waals surface area contributed by atoms with Crippen molar-refractivity contribution in [2.75, 3.05) is 0 Å². The first-order valence-electron chi connectivity index (χ1n) is 3.39. The van der Waals surface area contributed by atoms with Gasteiger partial charge in [0, 0.05) is 6.07 Å². The van der Waals surface area contributed by atoms with Gasteiger partial charge in [-0.05, 0) is 0 Å². The van der Waals surface area contributed by atoms with Crippen LogP contribution in [0, 0.1) is 10.1 Å². The van der Waals surface area contributed by atoms with E-state index in [0.717, 1.165) is 6.07 Å². The standard InChI is InChI=1S/C7H4F3N2O2/c8-7(9,10)5-3-4(11)1-2-6(5)12(13)14/h1-3,11H/q-1. The Balaban J connectivity index is 3.38. The molecule has 0 amide bonds. The summed E-state index contributed by atoms with van der Waals surface area (Å²) in [7, 11) is 0. The van der Waals surface area contributed by atoms with Gasteiger partial charge in [-0.1, -0.05) is 12.1 Å². The third-order valence-corrected chi connectivity index (χ3v) is 1.50. The average molecular weight is 205 g/mol.